The van der Waals surface area contributed by atoms with Crippen molar-refractivity contribution in [3.8, 4) is 16.9 Å². The molecule has 114 valence electrons. The van der Waals surface area contributed by atoms with Gasteiger partial charge in [-0.05, 0) is 35.4 Å². The molecule has 21 heavy (non-hydrogen) atoms. The van der Waals surface area contributed by atoms with E-state index in [0.717, 1.165) is 6.07 Å². The molecule has 0 atom stereocenters. The van der Waals surface area contributed by atoms with Crippen LogP contribution in [0, 0.1) is 5.82 Å². The molecule has 0 saturated carbocycles. The zero-order valence-electron chi connectivity index (χ0n) is 10.7. The van der Waals surface area contributed by atoms with Gasteiger partial charge >= 0.3 is 6.36 Å². The zero-order chi connectivity index (χ0) is 14.8. The van der Waals surface area contributed by atoms with Crippen molar-refractivity contribution in [3.05, 3.63) is 53.8 Å². The summed E-state index contributed by atoms with van der Waals surface area (Å²) >= 11 is 0. The van der Waals surface area contributed by atoms with Crippen LogP contribution in [0.5, 0.6) is 5.75 Å². The molecule has 7 heteroatoms. The third-order valence-corrected chi connectivity index (χ3v) is 2.62. The molecule has 0 aliphatic rings. The van der Waals surface area contributed by atoms with E-state index in [-0.39, 0.29) is 30.1 Å². The molecule has 0 bridgehead atoms. The van der Waals surface area contributed by atoms with Crippen LogP contribution in [0.25, 0.3) is 11.1 Å². The van der Waals surface area contributed by atoms with E-state index in [1.54, 1.807) is 6.07 Å². The van der Waals surface area contributed by atoms with Crippen molar-refractivity contribution in [3.63, 3.8) is 0 Å². The summed E-state index contributed by atoms with van der Waals surface area (Å²) in [6.45, 7) is 0.0243. The highest BCUT2D eigenvalue weighted by atomic mass is 35.5. The van der Waals surface area contributed by atoms with Crippen LogP contribution in [-0.2, 0) is 6.54 Å². The fourth-order valence-electron chi connectivity index (χ4n) is 1.82. The third kappa shape index (κ3) is 4.61. The summed E-state index contributed by atoms with van der Waals surface area (Å²) in [5.41, 5.74) is 6.33. The second-order valence-corrected chi connectivity index (χ2v) is 4.10. The van der Waals surface area contributed by atoms with Gasteiger partial charge in [-0.15, -0.1) is 25.6 Å². The van der Waals surface area contributed by atoms with Gasteiger partial charge in [0, 0.05) is 12.1 Å². The molecule has 0 radical (unpaired) electrons. The Balaban J connectivity index is 0.00000220. The minimum absolute atomic E-state index is 0. The molecule has 0 unspecified atom stereocenters. The molecule has 2 N–H and O–H groups in total. The normalized spacial score (nSPS) is 10.9. The number of nitrogens with two attached hydrogens (primary N) is 1. The average molecular weight is 322 g/mol. The number of benzene rings is 2. The molecule has 0 fully saturated rings. The first kappa shape index (κ1) is 17.3. The predicted molar refractivity (Wildman–Crippen MR) is 73.7 cm³/mol. The third-order valence-electron chi connectivity index (χ3n) is 2.62. The highest BCUT2D eigenvalue weighted by molar-refractivity contribution is 5.85. The lowest BCUT2D eigenvalue weighted by Crippen LogP contribution is -2.17. The van der Waals surface area contributed by atoms with Gasteiger partial charge in [0.1, 0.15) is 11.6 Å². The molecule has 2 rings (SSSR count). The van der Waals surface area contributed by atoms with Crippen molar-refractivity contribution in [1.82, 2.24) is 0 Å². The van der Waals surface area contributed by atoms with Crippen LogP contribution in [0.1, 0.15) is 5.56 Å². The van der Waals surface area contributed by atoms with Crippen LogP contribution in [0.2, 0.25) is 0 Å². The summed E-state index contributed by atoms with van der Waals surface area (Å²) in [5, 5.41) is 0. The van der Waals surface area contributed by atoms with Gasteiger partial charge < -0.3 is 10.5 Å². The van der Waals surface area contributed by atoms with Gasteiger partial charge in [-0.25, -0.2) is 4.39 Å². The topological polar surface area (TPSA) is 35.2 Å². The first-order valence-electron chi connectivity index (χ1n) is 5.74. The molecule has 0 saturated heterocycles. The van der Waals surface area contributed by atoms with Crippen molar-refractivity contribution in [2.24, 2.45) is 5.73 Å². The summed E-state index contributed by atoms with van der Waals surface area (Å²) in [4.78, 5) is 0. The Labute approximate surface area is 124 Å². The van der Waals surface area contributed by atoms with Crippen molar-refractivity contribution in [2.45, 2.75) is 12.9 Å². The molecule has 2 aromatic carbocycles. The van der Waals surface area contributed by atoms with Gasteiger partial charge in [-0.2, -0.15) is 0 Å². The number of rotatable bonds is 3. The van der Waals surface area contributed by atoms with Gasteiger partial charge in [0.05, 0.1) is 0 Å². The van der Waals surface area contributed by atoms with Gasteiger partial charge in [0.2, 0.25) is 0 Å². The Morgan fingerprint density at radius 1 is 1.05 bits per heavy atom. The van der Waals surface area contributed by atoms with Crippen molar-refractivity contribution in [2.75, 3.05) is 0 Å². The Hall–Kier alpha value is -1.79. The minimum Gasteiger partial charge on any atom is -0.406 e. The van der Waals surface area contributed by atoms with E-state index in [4.69, 9.17) is 5.73 Å². The van der Waals surface area contributed by atoms with Crippen LogP contribution in [0.3, 0.4) is 0 Å². The maximum atomic E-state index is 13.7. The number of ether oxygens (including phenoxy) is 1. The summed E-state index contributed by atoms with van der Waals surface area (Å²) in [6, 6.07) is 9.64. The maximum Gasteiger partial charge on any atom is 0.573 e. The fourth-order valence-corrected chi connectivity index (χ4v) is 1.82. The summed E-state index contributed by atoms with van der Waals surface area (Å²) in [7, 11) is 0. The number of hydrogen-bond donors (Lipinski definition) is 1. The average Bonchev–Trinajstić information content (AvgIpc) is 2.36. The monoisotopic (exact) mass is 321 g/mol. The number of alkyl halides is 3. The molecule has 2 nitrogen and oxygen atoms in total. The second kappa shape index (κ2) is 6.78. The Kier molecular flexibility index (Phi) is 5.57. The minimum atomic E-state index is -4.81. The molecule has 0 aliphatic carbocycles. The lowest BCUT2D eigenvalue weighted by molar-refractivity contribution is -0.274. The molecule has 0 heterocycles. The lowest BCUT2D eigenvalue weighted by atomic mass is 10.0. The van der Waals surface area contributed by atoms with Crippen LogP contribution in [0.15, 0.2) is 42.5 Å². The summed E-state index contributed by atoms with van der Waals surface area (Å²) in [6.07, 6.45) is -4.81. The smallest absolute Gasteiger partial charge is 0.406 e. The van der Waals surface area contributed by atoms with E-state index in [2.05, 4.69) is 4.74 Å². The van der Waals surface area contributed by atoms with Gasteiger partial charge in [-0.3, -0.25) is 0 Å². The van der Waals surface area contributed by atoms with Crippen LogP contribution < -0.4 is 10.5 Å². The van der Waals surface area contributed by atoms with E-state index in [1.165, 1.54) is 30.3 Å². The van der Waals surface area contributed by atoms with E-state index >= 15 is 0 Å². The van der Waals surface area contributed by atoms with Crippen LogP contribution >= 0.6 is 12.4 Å². The van der Waals surface area contributed by atoms with Gasteiger partial charge in [-0.1, -0.05) is 18.2 Å². The highest BCUT2D eigenvalue weighted by Gasteiger charge is 2.31. The number of halogens is 5. The molecule has 0 spiro atoms. The van der Waals surface area contributed by atoms with Crippen molar-refractivity contribution >= 4 is 12.4 Å². The van der Waals surface area contributed by atoms with Crippen molar-refractivity contribution < 1.29 is 22.3 Å². The second-order valence-electron chi connectivity index (χ2n) is 4.10. The van der Waals surface area contributed by atoms with E-state index in [0.29, 0.717) is 5.56 Å². The maximum absolute atomic E-state index is 13.7. The van der Waals surface area contributed by atoms with Gasteiger partial charge in [0.15, 0.2) is 0 Å². The largest absolute Gasteiger partial charge is 0.573 e. The van der Waals surface area contributed by atoms with E-state index in [1.807, 2.05) is 0 Å². The quantitative estimate of drug-likeness (QED) is 0.857. The standard InChI is InChI=1S/C14H11F4NO.ClH/c15-13-4-2-1-3-12(13)10-5-9(8-19)6-11(7-10)20-14(16,17)18;/h1-7H,8,19H2;1H. The molecule has 0 amide bonds. The molecule has 0 aliphatic heterocycles. The van der Waals surface area contributed by atoms with Crippen LogP contribution in [-0.4, -0.2) is 6.36 Å². The SMILES string of the molecule is Cl.NCc1cc(OC(F)(F)F)cc(-c2ccccc2F)c1. The van der Waals surface area contributed by atoms with Crippen molar-refractivity contribution in [1.29, 1.82) is 0 Å². The fraction of sp³-hybridized carbons (Fsp3) is 0.143. The Bertz CT molecular complexity index is 616. The van der Waals surface area contributed by atoms with Crippen LogP contribution in [0.4, 0.5) is 17.6 Å². The highest BCUT2D eigenvalue weighted by Crippen LogP contribution is 2.30. The van der Waals surface area contributed by atoms with Gasteiger partial charge in [0.25, 0.3) is 0 Å². The summed E-state index contributed by atoms with van der Waals surface area (Å²) in [5.74, 6) is -0.946. The molecule has 0 aromatic heterocycles. The predicted octanol–water partition coefficient (Wildman–Crippen LogP) is 4.27. The summed E-state index contributed by atoms with van der Waals surface area (Å²) < 4.78 is 54.3. The Morgan fingerprint density at radius 3 is 2.29 bits per heavy atom. The number of hydrogen-bond acceptors (Lipinski definition) is 2. The van der Waals surface area contributed by atoms with E-state index < -0.39 is 17.9 Å². The van der Waals surface area contributed by atoms with E-state index in [9.17, 15) is 17.6 Å². The first-order valence-corrected chi connectivity index (χ1v) is 5.74. The first-order chi connectivity index (χ1) is 9.39. The molecule has 2 aromatic rings. The molecular weight excluding hydrogens is 310 g/mol. The zero-order valence-corrected chi connectivity index (χ0v) is 11.5. The lowest BCUT2D eigenvalue weighted by Gasteiger charge is -2.12. The molecular formula is C14H12ClF4NO. The Morgan fingerprint density at radius 2 is 1.71 bits per heavy atom.